The largest absolute Gasteiger partial charge is 0.393 e. The summed E-state index contributed by atoms with van der Waals surface area (Å²) in [6.07, 6.45) is 3.18. The topological polar surface area (TPSA) is 49.3 Å². The van der Waals surface area contributed by atoms with E-state index in [-0.39, 0.29) is 18.1 Å². The van der Waals surface area contributed by atoms with E-state index in [1.807, 2.05) is 12.1 Å². The van der Waals surface area contributed by atoms with Gasteiger partial charge in [0.2, 0.25) is 0 Å². The average molecular weight is 298 g/mol. The van der Waals surface area contributed by atoms with Crippen LogP contribution in [0.5, 0.6) is 0 Å². The molecule has 1 saturated carbocycles. The first-order valence-electron chi connectivity index (χ1n) is 5.89. The lowest BCUT2D eigenvalue weighted by molar-refractivity contribution is 0.0850. The highest BCUT2D eigenvalue weighted by Gasteiger charge is 2.21. The van der Waals surface area contributed by atoms with Gasteiger partial charge in [-0.15, -0.1) is 0 Å². The summed E-state index contributed by atoms with van der Waals surface area (Å²) in [6.45, 7) is 0. The van der Waals surface area contributed by atoms with Crippen molar-refractivity contribution in [2.24, 2.45) is 0 Å². The number of halogens is 1. The molecule has 0 spiro atoms. The third kappa shape index (κ3) is 3.54. The molecule has 0 unspecified atom stereocenters. The van der Waals surface area contributed by atoms with Crippen LogP contribution in [0.3, 0.4) is 0 Å². The van der Waals surface area contributed by atoms with Crippen LogP contribution in [0.2, 0.25) is 0 Å². The number of aliphatic hydroxyl groups excluding tert-OH is 1. The Kier molecular flexibility index (Phi) is 4.18. The van der Waals surface area contributed by atoms with E-state index in [1.165, 1.54) is 0 Å². The van der Waals surface area contributed by atoms with Crippen LogP contribution in [0.4, 0.5) is 0 Å². The van der Waals surface area contributed by atoms with Crippen LogP contribution in [0.25, 0.3) is 0 Å². The van der Waals surface area contributed by atoms with E-state index in [4.69, 9.17) is 0 Å². The van der Waals surface area contributed by atoms with Crippen molar-refractivity contribution in [3.05, 3.63) is 34.3 Å². The van der Waals surface area contributed by atoms with Gasteiger partial charge < -0.3 is 10.4 Å². The van der Waals surface area contributed by atoms with Crippen molar-refractivity contribution in [3.8, 4) is 0 Å². The van der Waals surface area contributed by atoms with Crippen LogP contribution in [-0.2, 0) is 0 Å². The molecule has 2 N–H and O–H groups in total. The lowest BCUT2D eigenvalue weighted by Gasteiger charge is -2.26. The zero-order valence-electron chi connectivity index (χ0n) is 9.53. The van der Waals surface area contributed by atoms with Crippen LogP contribution in [-0.4, -0.2) is 23.2 Å². The number of hydrogen-bond donors (Lipinski definition) is 2. The van der Waals surface area contributed by atoms with Gasteiger partial charge in [-0.1, -0.05) is 22.0 Å². The van der Waals surface area contributed by atoms with Crippen molar-refractivity contribution in [3.63, 3.8) is 0 Å². The van der Waals surface area contributed by atoms with Crippen LogP contribution < -0.4 is 5.32 Å². The van der Waals surface area contributed by atoms with E-state index in [0.717, 1.165) is 23.7 Å². The van der Waals surface area contributed by atoms with Crippen LogP contribution >= 0.6 is 15.9 Å². The summed E-state index contributed by atoms with van der Waals surface area (Å²) in [6, 6.07) is 7.43. The number of benzene rings is 1. The van der Waals surface area contributed by atoms with E-state index in [1.54, 1.807) is 12.1 Å². The van der Waals surface area contributed by atoms with E-state index < -0.39 is 0 Å². The van der Waals surface area contributed by atoms with Gasteiger partial charge in [-0.3, -0.25) is 4.79 Å². The Balaban J connectivity index is 1.97. The second kappa shape index (κ2) is 5.65. The van der Waals surface area contributed by atoms with Crippen LogP contribution in [0.1, 0.15) is 36.0 Å². The van der Waals surface area contributed by atoms with E-state index in [2.05, 4.69) is 21.2 Å². The SMILES string of the molecule is O=C(N[C@H]1CCC[C@@H](O)C1)c1cccc(Br)c1. The Hall–Kier alpha value is -0.870. The monoisotopic (exact) mass is 297 g/mol. The number of aliphatic hydroxyl groups is 1. The smallest absolute Gasteiger partial charge is 0.251 e. The third-order valence-electron chi connectivity index (χ3n) is 3.07. The molecule has 1 aromatic rings. The molecule has 1 fully saturated rings. The average Bonchev–Trinajstić information content (AvgIpc) is 2.29. The molecule has 0 heterocycles. The molecule has 1 aliphatic carbocycles. The minimum Gasteiger partial charge on any atom is -0.393 e. The van der Waals surface area contributed by atoms with Gasteiger partial charge in [-0.2, -0.15) is 0 Å². The third-order valence-corrected chi connectivity index (χ3v) is 3.56. The van der Waals surface area contributed by atoms with Gasteiger partial charge in [-0.05, 0) is 43.9 Å². The minimum absolute atomic E-state index is 0.0644. The number of carbonyl (C=O) groups excluding carboxylic acids is 1. The maximum atomic E-state index is 12.0. The molecule has 2 atom stereocenters. The maximum absolute atomic E-state index is 12.0. The van der Waals surface area contributed by atoms with Crippen molar-refractivity contribution >= 4 is 21.8 Å². The summed E-state index contributed by atoms with van der Waals surface area (Å²) in [5.74, 6) is -0.0644. The number of amides is 1. The van der Waals surface area contributed by atoms with Crippen molar-refractivity contribution in [1.82, 2.24) is 5.32 Å². The Morgan fingerprint density at radius 1 is 1.41 bits per heavy atom. The van der Waals surface area contributed by atoms with Crippen molar-refractivity contribution < 1.29 is 9.90 Å². The molecule has 0 bridgehead atoms. The van der Waals surface area contributed by atoms with Gasteiger partial charge in [0.1, 0.15) is 0 Å². The molecule has 3 nitrogen and oxygen atoms in total. The van der Waals surface area contributed by atoms with Crippen LogP contribution in [0, 0.1) is 0 Å². The molecule has 4 heteroatoms. The molecule has 0 radical (unpaired) electrons. The molecule has 0 aromatic heterocycles. The van der Waals surface area contributed by atoms with Gasteiger partial charge in [0.25, 0.3) is 5.91 Å². The summed E-state index contributed by atoms with van der Waals surface area (Å²) in [7, 11) is 0. The van der Waals surface area contributed by atoms with Crippen LogP contribution in [0.15, 0.2) is 28.7 Å². The zero-order valence-corrected chi connectivity index (χ0v) is 11.1. The second-order valence-corrected chi connectivity index (χ2v) is 5.42. The van der Waals surface area contributed by atoms with E-state index >= 15 is 0 Å². The molecule has 92 valence electrons. The van der Waals surface area contributed by atoms with E-state index in [9.17, 15) is 9.90 Å². The van der Waals surface area contributed by atoms with Gasteiger partial charge in [0, 0.05) is 16.1 Å². The van der Waals surface area contributed by atoms with Gasteiger partial charge >= 0.3 is 0 Å². The van der Waals surface area contributed by atoms with Crippen molar-refractivity contribution in [2.45, 2.75) is 37.8 Å². The first-order chi connectivity index (χ1) is 8.15. The molecule has 0 aliphatic heterocycles. The predicted molar refractivity (Wildman–Crippen MR) is 69.9 cm³/mol. The molecule has 1 aliphatic rings. The maximum Gasteiger partial charge on any atom is 0.251 e. The number of carbonyl (C=O) groups is 1. The highest BCUT2D eigenvalue weighted by atomic mass is 79.9. The second-order valence-electron chi connectivity index (χ2n) is 4.50. The fourth-order valence-corrected chi connectivity index (χ4v) is 2.59. The summed E-state index contributed by atoms with van der Waals surface area (Å²) in [4.78, 5) is 12.0. The summed E-state index contributed by atoms with van der Waals surface area (Å²) < 4.78 is 0.897. The first-order valence-corrected chi connectivity index (χ1v) is 6.69. The zero-order chi connectivity index (χ0) is 12.3. The fraction of sp³-hybridized carbons (Fsp3) is 0.462. The molecular weight excluding hydrogens is 282 g/mol. The lowest BCUT2D eigenvalue weighted by atomic mass is 9.93. The standard InChI is InChI=1S/C13H16BrNO2/c14-10-4-1-3-9(7-10)13(17)15-11-5-2-6-12(16)8-11/h1,3-4,7,11-12,16H,2,5-6,8H2,(H,15,17)/t11-,12+/m0/s1. The van der Waals surface area contributed by atoms with Gasteiger partial charge in [0.15, 0.2) is 0 Å². The number of hydrogen-bond acceptors (Lipinski definition) is 2. The Morgan fingerprint density at radius 2 is 2.24 bits per heavy atom. The van der Waals surface area contributed by atoms with Gasteiger partial charge in [0.05, 0.1) is 6.10 Å². The predicted octanol–water partition coefficient (Wildman–Crippen LogP) is 2.48. The van der Waals surface area contributed by atoms with Crippen molar-refractivity contribution in [1.29, 1.82) is 0 Å². The number of nitrogens with one attached hydrogen (secondary N) is 1. The molecule has 17 heavy (non-hydrogen) atoms. The lowest BCUT2D eigenvalue weighted by Crippen LogP contribution is -2.39. The Morgan fingerprint density at radius 3 is 2.94 bits per heavy atom. The Bertz CT molecular complexity index is 408. The molecule has 1 amide bonds. The van der Waals surface area contributed by atoms with E-state index in [0.29, 0.717) is 12.0 Å². The fourth-order valence-electron chi connectivity index (χ4n) is 2.19. The quantitative estimate of drug-likeness (QED) is 0.881. The first kappa shape index (κ1) is 12.6. The molecular formula is C13H16BrNO2. The summed E-state index contributed by atoms with van der Waals surface area (Å²) >= 11 is 3.35. The minimum atomic E-state index is -0.267. The number of rotatable bonds is 2. The summed E-state index contributed by atoms with van der Waals surface area (Å²) in [5, 5.41) is 12.5. The Labute approximate surface area is 109 Å². The molecule has 2 rings (SSSR count). The molecule has 0 saturated heterocycles. The highest BCUT2D eigenvalue weighted by molar-refractivity contribution is 9.10. The van der Waals surface area contributed by atoms with Gasteiger partial charge in [-0.25, -0.2) is 0 Å². The van der Waals surface area contributed by atoms with Crippen molar-refractivity contribution in [2.75, 3.05) is 0 Å². The summed E-state index contributed by atoms with van der Waals surface area (Å²) in [5.41, 5.74) is 0.652. The highest BCUT2D eigenvalue weighted by Crippen LogP contribution is 2.19. The molecule has 1 aromatic carbocycles. The normalized spacial score (nSPS) is 24.4.